The smallest absolute Gasteiger partial charge is 0.264 e. The number of rotatable bonds is 12. The van der Waals surface area contributed by atoms with Crippen molar-refractivity contribution in [3.8, 4) is 0 Å². The minimum absolute atomic E-state index is 0.0759. The summed E-state index contributed by atoms with van der Waals surface area (Å²) in [4.78, 5) is 28.6. The fraction of sp³-hybridized carbons (Fsp3) is 0.333. The van der Waals surface area contributed by atoms with Crippen molar-refractivity contribution in [1.82, 2.24) is 10.2 Å². The summed E-state index contributed by atoms with van der Waals surface area (Å²) in [5.74, 6) is -1.72. The number of para-hydroxylation sites is 1. The van der Waals surface area contributed by atoms with Crippen LogP contribution in [-0.4, -0.2) is 43.8 Å². The Labute approximate surface area is 230 Å². The quantitative estimate of drug-likeness (QED) is 0.340. The maximum atomic E-state index is 15.0. The summed E-state index contributed by atoms with van der Waals surface area (Å²) in [7, 11) is -4.32. The van der Waals surface area contributed by atoms with Crippen molar-refractivity contribution < 1.29 is 22.4 Å². The van der Waals surface area contributed by atoms with Crippen molar-refractivity contribution in [1.29, 1.82) is 0 Å². The number of nitrogens with zero attached hydrogens (tertiary/aromatic N) is 2. The molecule has 39 heavy (non-hydrogen) atoms. The van der Waals surface area contributed by atoms with Gasteiger partial charge in [0.2, 0.25) is 11.8 Å². The highest BCUT2D eigenvalue weighted by atomic mass is 32.2. The van der Waals surface area contributed by atoms with E-state index in [1.807, 2.05) is 45.0 Å². The summed E-state index contributed by atoms with van der Waals surface area (Å²) in [6.07, 6.45) is 1.02. The molecule has 3 aromatic carbocycles. The van der Waals surface area contributed by atoms with Gasteiger partial charge in [-0.2, -0.15) is 0 Å². The highest BCUT2D eigenvalue weighted by Gasteiger charge is 2.34. The largest absolute Gasteiger partial charge is 0.352 e. The zero-order chi connectivity index (χ0) is 28.6. The Morgan fingerprint density at radius 3 is 2.13 bits per heavy atom. The number of nitrogens with one attached hydrogen (secondary N) is 1. The molecule has 3 aromatic rings. The first-order chi connectivity index (χ1) is 18.6. The molecule has 0 saturated heterocycles. The van der Waals surface area contributed by atoms with E-state index in [0.29, 0.717) is 12.8 Å². The first-order valence-corrected chi connectivity index (χ1v) is 14.5. The van der Waals surface area contributed by atoms with E-state index in [-0.39, 0.29) is 29.1 Å². The molecule has 1 N–H and O–H groups in total. The fourth-order valence-corrected chi connectivity index (χ4v) is 5.66. The van der Waals surface area contributed by atoms with Crippen LogP contribution in [0.2, 0.25) is 0 Å². The minimum Gasteiger partial charge on any atom is -0.352 e. The van der Waals surface area contributed by atoms with E-state index in [0.717, 1.165) is 21.5 Å². The topological polar surface area (TPSA) is 86.8 Å². The van der Waals surface area contributed by atoms with Crippen LogP contribution in [-0.2, 0) is 26.2 Å². The Morgan fingerprint density at radius 1 is 0.897 bits per heavy atom. The summed E-state index contributed by atoms with van der Waals surface area (Å²) in [5.41, 5.74) is 1.50. The molecule has 0 saturated carbocycles. The van der Waals surface area contributed by atoms with Gasteiger partial charge in [0.25, 0.3) is 10.0 Å². The van der Waals surface area contributed by atoms with E-state index in [9.17, 15) is 22.4 Å². The first-order valence-electron chi connectivity index (χ1n) is 13.1. The number of anilines is 1. The summed E-state index contributed by atoms with van der Waals surface area (Å²) in [6, 6.07) is 19.5. The van der Waals surface area contributed by atoms with Crippen molar-refractivity contribution >= 4 is 27.5 Å². The molecule has 0 aliphatic rings. The fourth-order valence-electron chi connectivity index (χ4n) is 4.22. The number of aryl methyl sites for hydroxylation is 1. The van der Waals surface area contributed by atoms with Gasteiger partial charge in [-0.05, 0) is 62.1 Å². The Balaban J connectivity index is 2.07. The van der Waals surface area contributed by atoms with Crippen molar-refractivity contribution in [2.24, 2.45) is 0 Å². The molecular weight excluding hydrogens is 517 g/mol. The Kier molecular flexibility index (Phi) is 10.2. The van der Waals surface area contributed by atoms with Gasteiger partial charge in [0.15, 0.2) is 0 Å². The number of carbonyl (C=O) groups is 2. The summed E-state index contributed by atoms with van der Waals surface area (Å²) >= 11 is 0. The van der Waals surface area contributed by atoms with Crippen LogP contribution in [0.3, 0.4) is 0 Å². The molecule has 0 fully saturated rings. The predicted octanol–water partition coefficient (Wildman–Crippen LogP) is 5.05. The first kappa shape index (κ1) is 29.8. The van der Waals surface area contributed by atoms with Gasteiger partial charge in [0, 0.05) is 12.6 Å². The molecule has 9 heteroatoms. The number of hydrogen-bond donors (Lipinski definition) is 1. The lowest BCUT2D eigenvalue weighted by Gasteiger charge is -2.34. The molecule has 0 aliphatic carbocycles. The number of amides is 2. The average molecular weight is 554 g/mol. The SMILES string of the molecule is CC[C@@H](C)NC(=O)[C@@H](CC)N(Cc1ccccc1C)C(=O)CN(c1ccccc1F)S(=O)(=O)c1ccccc1. The average Bonchev–Trinajstić information content (AvgIpc) is 2.93. The maximum Gasteiger partial charge on any atom is 0.264 e. The molecule has 0 bridgehead atoms. The van der Waals surface area contributed by atoms with Crippen LogP contribution in [0.5, 0.6) is 0 Å². The van der Waals surface area contributed by atoms with Crippen molar-refractivity contribution in [3.05, 3.63) is 95.8 Å². The maximum absolute atomic E-state index is 15.0. The van der Waals surface area contributed by atoms with Gasteiger partial charge >= 0.3 is 0 Å². The molecule has 0 radical (unpaired) electrons. The van der Waals surface area contributed by atoms with Crippen LogP contribution in [0.15, 0.2) is 83.8 Å². The Hall–Kier alpha value is -3.72. The number of halogens is 1. The molecule has 0 aliphatic heterocycles. The molecular formula is C30H36FN3O4S. The molecule has 2 amide bonds. The van der Waals surface area contributed by atoms with E-state index in [4.69, 9.17) is 0 Å². The van der Waals surface area contributed by atoms with Gasteiger partial charge in [-0.25, -0.2) is 12.8 Å². The van der Waals surface area contributed by atoms with E-state index >= 15 is 0 Å². The lowest BCUT2D eigenvalue weighted by atomic mass is 10.1. The van der Waals surface area contributed by atoms with Gasteiger partial charge in [0.05, 0.1) is 10.6 Å². The lowest BCUT2D eigenvalue weighted by Crippen LogP contribution is -2.53. The van der Waals surface area contributed by atoms with Crippen molar-refractivity contribution in [3.63, 3.8) is 0 Å². The van der Waals surface area contributed by atoms with Gasteiger partial charge in [-0.15, -0.1) is 0 Å². The second-order valence-corrected chi connectivity index (χ2v) is 11.3. The normalized spacial score (nSPS) is 12.8. The minimum atomic E-state index is -4.32. The predicted molar refractivity (Wildman–Crippen MR) is 151 cm³/mol. The molecule has 208 valence electrons. The summed E-state index contributed by atoms with van der Waals surface area (Å²) in [5, 5.41) is 2.94. The Morgan fingerprint density at radius 2 is 1.51 bits per heavy atom. The standard InChI is InChI=1S/C30H36FN3O4S/c1-5-23(4)32-30(36)27(6-2)33(20-24-15-11-10-14-22(24)3)29(35)21-34(28-19-13-12-18-26(28)31)39(37,38)25-16-8-7-9-17-25/h7-19,23,27H,5-6,20-21H2,1-4H3,(H,32,36)/t23-,27-/m1/s1. The Bertz CT molecular complexity index is 1380. The van der Waals surface area contributed by atoms with Gasteiger partial charge in [0.1, 0.15) is 18.4 Å². The zero-order valence-corrected chi connectivity index (χ0v) is 23.6. The number of sulfonamides is 1. The molecule has 0 aromatic heterocycles. The van der Waals surface area contributed by atoms with Crippen LogP contribution in [0.25, 0.3) is 0 Å². The van der Waals surface area contributed by atoms with E-state index < -0.39 is 34.3 Å². The van der Waals surface area contributed by atoms with Crippen molar-refractivity contribution in [2.45, 2.75) is 64.1 Å². The summed E-state index contributed by atoms with van der Waals surface area (Å²) in [6.45, 7) is 6.94. The second-order valence-electron chi connectivity index (χ2n) is 9.47. The molecule has 7 nitrogen and oxygen atoms in total. The zero-order valence-electron chi connectivity index (χ0n) is 22.8. The van der Waals surface area contributed by atoms with E-state index in [1.54, 1.807) is 25.1 Å². The third-order valence-electron chi connectivity index (χ3n) is 6.72. The number of benzene rings is 3. The highest BCUT2D eigenvalue weighted by Crippen LogP contribution is 2.27. The van der Waals surface area contributed by atoms with Gasteiger partial charge in [-0.3, -0.25) is 13.9 Å². The van der Waals surface area contributed by atoms with E-state index in [2.05, 4.69) is 5.32 Å². The molecule has 0 unspecified atom stereocenters. The van der Waals surface area contributed by atoms with Crippen LogP contribution in [0, 0.1) is 12.7 Å². The van der Waals surface area contributed by atoms with Crippen LogP contribution < -0.4 is 9.62 Å². The van der Waals surface area contributed by atoms with Crippen LogP contribution in [0.1, 0.15) is 44.7 Å². The molecule has 0 heterocycles. The monoisotopic (exact) mass is 553 g/mol. The van der Waals surface area contributed by atoms with Gasteiger partial charge < -0.3 is 10.2 Å². The van der Waals surface area contributed by atoms with Crippen LogP contribution >= 0.6 is 0 Å². The molecule has 0 spiro atoms. The number of hydrogen-bond acceptors (Lipinski definition) is 4. The molecule has 2 atom stereocenters. The number of carbonyl (C=O) groups excluding carboxylic acids is 2. The third kappa shape index (κ3) is 7.23. The van der Waals surface area contributed by atoms with Crippen molar-refractivity contribution in [2.75, 3.05) is 10.8 Å². The summed E-state index contributed by atoms with van der Waals surface area (Å²) < 4.78 is 43.2. The second kappa shape index (κ2) is 13.4. The van der Waals surface area contributed by atoms with E-state index in [1.165, 1.54) is 35.2 Å². The highest BCUT2D eigenvalue weighted by molar-refractivity contribution is 7.92. The van der Waals surface area contributed by atoms with Gasteiger partial charge in [-0.1, -0.05) is 68.4 Å². The molecule has 3 rings (SSSR count). The van der Waals surface area contributed by atoms with Crippen LogP contribution in [0.4, 0.5) is 10.1 Å². The lowest BCUT2D eigenvalue weighted by molar-refractivity contribution is -0.140. The third-order valence-corrected chi connectivity index (χ3v) is 8.49.